The number of benzene rings is 2. The summed E-state index contributed by atoms with van der Waals surface area (Å²) in [5, 5.41) is 0. The molecule has 0 saturated heterocycles. The molecule has 4 atom stereocenters. The maximum atomic E-state index is 15.0. The lowest BCUT2D eigenvalue weighted by molar-refractivity contribution is 0.116. The first kappa shape index (κ1) is 20.6. The van der Waals surface area contributed by atoms with Crippen molar-refractivity contribution < 1.29 is 8.78 Å². The number of hydrogen-bond donors (Lipinski definition) is 0. The third-order valence-corrected chi connectivity index (χ3v) is 7.62. The summed E-state index contributed by atoms with van der Waals surface area (Å²) in [6.45, 7) is 4.44. The van der Waals surface area contributed by atoms with Crippen molar-refractivity contribution in [2.75, 3.05) is 0 Å². The molecular formula is C27H34F2. The highest BCUT2D eigenvalue weighted by atomic mass is 19.1. The van der Waals surface area contributed by atoms with Crippen LogP contribution in [0.4, 0.5) is 8.78 Å². The smallest absolute Gasteiger partial charge is 0.134 e. The molecule has 2 aromatic rings. The quantitative estimate of drug-likeness (QED) is 0.477. The second kappa shape index (κ2) is 8.98. The molecule has 2 heteroatoms. The van der Waals surface area contributed by atoms with Crippen LogP contribution in [-0.4, -0.2) is 0 Å². The average Bonchev–Trinajstić information content (AvgIpc) is 2.74. The molecule has 0 aromatic heterocycles. The predicted octanol–water partition coefficient (Wildman–Crippen LogP) is 8.29. The minimum absolute atomic E-state index is 0.119. The van der Waals surface area contributed by atoms with Gasteiger partial charge in [-0.05, 0) is 91.0 Å². The second-order valence-electron chi connectivity index (χ2n) is 9.42. The lowest BCUT2D eigenvalue weighted by atomic mass is 9.63. The Labute approximate surface area is 174 Å². The SMILES string of the molecule is CCCc1ccc(-c2c(F)cc(C3CCC4CC(CC)CCC4C3)cc2F)cc1. The van der Waals surface area contributed by atoms with Crippen LogP contribution < -0.4 is 0 Å². The summed E-state index contributed by atoms with van der Waals surface area (Å²) in [5.74, 6) is 1.94. The number of aryl methyl sites for hydroxylation is 1. The Hall–Kier alpha value is -1.70. The molecule has 2 saturated carbocycles. The molecule has 0 spiro atoms. The number of fused-ring (bicyclic) bond motifs is 1. The molecule has 0 radical (unpaired) electrons. The van der Waals surface area contributed by atoms with Gasteiger partial charge in [0.05, 0.1) is 5.56 Å². The maximum absolute atomic E-state index is 15.0. The summed E-state index contributed by atoms with van der Waals surface area (Å²) in [7, 11) is 0. The van der Waals surface area contributed by atoms with E-state index in [4.69, 9.17) is 0 Å². The van der Waals surface area contributed by atoms with Crippen LogP contribution in [0.3, 0.4) is 0 Å². The summed E-state index contributed by atoms with van der Waals surface area (Å²) in [6, 6.07) is 10.9. The zero-order valence-electron chi connectivity index (χ0n) is 17.9. The van der Waals surface area contributed by atoms with Crippen molar-refractivity contribution in [3.63, 3.8) is 0 Å². The van der Waals surface area contributed by atoms with Gasteiger partial charge in [-0.15, -0.1) is 0 Å². The molecule has 0 nitrogen and oxygen atoms in total. The van der Waals surface area contributed by atoms with E-state index in [9.17, 15) is 8.78 Å². The van der Waals surface area contributed by atoms with Crippen molar-refractivity contribution in [1.29, 1.82) is 0 Å². The third-order valence-electron chi connectivity index (χ3n) is 7.62. The highest BCUT2D eigenvalue weighted by Crippen LogP contribution is 2.48. The molecule has 2 aliphatic rings. The molecule has 4 unspecified atom stereocenters. The first-order valence-electron chi connectivity index (χ1n) is 11.7. The van der Waals surface area contributed by atoms with Crippen LogP contribution in [0.1, 0.15) is 82.3 Å². The van der Waals surface area contributed by atoms with Crippen LogP contribution >= 0.6 is 0 Å². The van der Waals surface area contributed by atoms with E-state index in [0.717, 1.165) is 49.0 Å². The van der Waals surface area contributed by atoms with Crippen LogP contribution in [0.5, 0.6) is 0 Å². The van der Waals surface area contributed by atoms with Gasteiger partial charge in [0.15, 0.2) is 0 Å². The van der Waals surface area contributed by atoms with Gasteiger partial charge in [0.2, 0.25) is 0 Å². The zero-order valence-corrected chi connectivity index (χ0v) is 17.9. The van der Waals surface area contributed by atoms with Crippen LogP contribution in [-0.2, 0) is 6.42 Å². The van der Waals surface area contributed by atoms with E-state index >= 15 is 0 Å². The van der Waals surface area contributed by atoms with Gasteiger partial charge in [-0.2, -0.15) is 0 Å². The van der Waals surface area contributed by atoms with Gasteiger partial charge in [0.25, 0.3) is 0 Å². The topological polar surface area (TPSA) is 0 Å². The van der Waals surface area contributed by atoms with Gasteiger partial charge in [-0.1, -0.05) is 57.4 Å². The molecule has 156 valence electrons. The van der Waals surface area contributed by atoms with Crippen molar-refractivity contribution in [2.45, 2.75) is 77.6 Å². The highest BCUT2D eigenvalue weighted by Gasteiger charge is 2.35. The molecule has 2 aromatic carbocycles. The van der Waals surface area contributed by atoms with E-state index in [1.54, 1.807) is 12.1 Å². The Bertz CT molecular complexity index is 800. The van der Waals surface area contributed by atoms with Crippen molar-refractivity contribution in [1.82, 2.24) is 0 Å². The summed E-state index contributed by atoms with van der Waals surface area (Å²) in [5.41, 5.74) is 2.83. The van der Waals surface area contributed by atoms with Gasteiger partial charge >= 0.3 is 0 Å². The minimum atomic E-state index is -0.417. The zero-order chi connectivity index (χ0) is 20.4. The Morgan fingerprint density at radius 1 is 0.828 bits per heavy atom. The van der Waals surface area contributed by atoms with E-state index in [0.29, 0.717) is 11.5 Å². The summed E-state index contributed by atoms with van der Waals surface area (Å²) in [6.07, 6.45) is 10.7. The second-order valence-corrected chi connectivity index (χ2v) is 9.42. The van der Waals surface area contributed by atoms with Gasteiger partial charge in [-0.25, -0.2) is 8.78 Å². The number of rotatable bonds is 5. The van der Waals surface area contributed by atoms with Gasteiger partial charge in [0, 0.05) is 0 Å². The molecular weight excluding hydrogens is 362 g/mol. The van der Waals surface area contributed by atoms with Gasteiger partial charge < -0.3 is 0 Å². The van der Waals surface area contributed by atoms with E-state index in [2.05, 4.69) is 13.8 Å². The summed E-state index contributed by atoms with van der Waals surface area (Å²) >= 11 is 0. The van der Waals surface area contributed by atoms with Crippen LogP contribution in [0, 0.1) is 29.4 Å². The first-order valence-corrected chi connectivity index (χ1v) is 11.7. The number of hydrogen-bond acceptors (Lipinski definition) is 0. The minimum Gasteiger partial charge on any atom is -0.206 e. The fourth-order valence-electron chi connectivity index (χ4n) is 5.89. The summed E-state index contributed by atoms with van der Waals surface area (Å²) < 4.78 is 30.0. The van der Waals surface area contributed by atoms with Gasteiger partial charge in [-0.3, -0.25) is 0 Å². The predicted molar refractivity (Wildman–Crippen MR) is 117 cm³/mol. The number of halogens is 2. The van der Waals surface area contributed by atoms with E-state index in [-0.39, 0.29) is 5.56 Å². The normalized spacial score (nSPS) is 26.9. The molecule has 29 heavy (non-hydrogen) atoms. The van der Waals surface area contributed by atoms with Crippen molar-refractivity contribution >= 4 is 0 Å². The van der Waals surface area contributed by atoms with Crippen LogP contribution in [0.2, 0.25) is 0 Å². The molecule has 0 heterocycles. The van der Waals surface area contributed by atoms with Crippen molar-refractivity contribution in [3.05, 3.63) is 59.2 Å². The Morgan fingerprint density at radius 2 is 1.48 bits per heavy atom. The Kier molecular flexibility index (Phi) is 6.37. The maximum Gasteiger partial charge on any atom is 0.134 e. The lowest BCUT2D eigenvalue weighted by Gasteiger charge is -2.42. The lowest BCUT2D eigenvalue weighted by Crippen LogP contribution is -2.30. The third kappa shape index (κ3) is 4.42. The standard InChI is InChI=1S/C27H34F2/c1-3-5-19-7-9-20(10-8-19)27-25(28)16-24(17-26(27)29)23-13-12-21-14-18(4-2)6-11-22(21)15-23/h7-10,16-18,21-23H,3-6,11-15H2,1-2H3. The van der Waals surface area contributed by atoms with E-state index < -0.39 is 11.6 Å². The van der Waals surface area contributed by atoms with Crippen molar-refractivity contribution in [2.24, 2.45) is 17.8 Å². The molecule has 0 bridgehead atoms. The molecule has 0 N–H and O–H groups in total. The van der Waals surface area contributed by atoms with Gasteiger partial charge in [0.1, 0.15) is 11.6 Å². The fourth-order valence-corrected chi connectivity index (χ4v) is 5.89. The molecule has 0 amide bonds. The highest BCUT2D eigenvalue weighted by molar-refractivity contribution is 5.65. The van der Waals surface area contributed by atoms with E-state index in [1.165, 1.54) is 37.7 Å². The molecule has 2 fully saturated rings. The first-order chi connectivity index (χ1) is 14.1. The molecule has 0 aliphatic heterocycles. The molecule has 2 aliphatic carbocycles. The Balaban J connectivity index is 1.51. The van der Waals surface area contributed by atoms with Crippen LogP contribution in [0.15, 0.2) is 36.4 Å². The largest absolute Gasteiger partial charge is 0.206 e. The molecule has 4 rings (SSSR count). The van der Waals surface area contributed by atoms with E-state index in [1.807, 2.05) is 24.3 Å². The Morgan fingerprint density at radius 3 is 2.14 bits per heavy atom. The summed E-state index contributed by atoms with van der Waals surface area (Å²) in [4.78, 5) is 0. The average molecular weight is 397 g/mol. The fraction of sp³-hybridized carbons (Fsp3) is 0.556. The van der Waals surface area contributed by atoms with Crippen LogP contribution in [0.25, 0.3) is 11.1 Å². The van der Waals surface area contributed by atoms with Crippen molar-refractivity contribution in [3.8, 4) is 11.1 Å². The monoisotopic (exact) mass is 396 g/mol.